The molecule has 1 heterocycles. The summed E-state index contributed by atoms with van der Waals surface area (Å²) in [6.07, 6.45) is 5.01. The molecule has 150 valence electrons. The van der Waals surface area contributed by atoms with Crippen molar-refractivity contribution in [2.75, 3.05) is 5.32 Å². The molecule has 1 aliphatic rings. The number of benzene rings is 2. The molecule has 4 N–H and O–H groups in total. The summed E-state index contributed by atoms with van der Waals surface area (Å²) < 4.78 is 2.06. The maximum absolute atomic E-state index is 12.0. The van der Waals surface area contributed by atoms with E-state index in [2.05, 4.69) is 9.88 Å². The Bertz CT molecular complexity index is 1020. The molecular formula is C23H24ClN3O2. The number of nitrogens with one attached hydrogen (secondary N) is 1. The number of anilines is 1. The third-order valence-electron chi connectivity index (χ3n) is 5.47. The third kappa shape index (κ3) is 4.31. The van der Waals surface area contributed by atoms with Crippen molar-refractivity contribution in [3.05, 3.63) is 71.4 Å². The minimum atomic E-state index is -0.461. The summed E-state index contributed by atoms with van der Waals surface area (Å²) in [7, 11) is 0. The van der Waals surface area contributed by atoms with Gasteiger partial charge in [-0.15, -0.1) is 0 Å². The number of rotatable bonds is 5. The number of nitrogens with zero attached hydrogens (tertiary/aromatic N) is 1. The average molecular weight is 410 g/mol. The first-order valence-corrected chi connectivity index (χ1v) is 10.2. The molecule has 0 unspecified atom stereocenters. The Balaban J connectivity index is 1.69. The number of primary amides is 1. The molecule has 0 radical (unpaired) electrons. The topological polar surface area (TPSA) is 80.3 Å². The van der Waals surface area contributed by atoms with Crippen LogP contribution in [0.4, 0.5) is 5.69 Å². The Morgan fingerprint density at radius 3 is 2.59 bits per heavy atom. The highest BCUT2D eigenvalue weighted by Crippen LogP contribution is 2.30. The van der Waals surface area contributed by atoms with Gasteiger partial charge in [0.05, 0.1) is 17.4 Å². The molecule has 1 fully saturated rings. The maximum Gasteiger partial charge on any atom is 0.250 e. The SMILES string of the molecule is NC(=O)c1ccc(-n2cccc2-c2cccc(Cl)c2)cc1N[C@H]1CC[C@H](O)CC1. The molecule has 0 atom stereocenters. The van der Waals surface area contributed by atoms with Crippen molar-refractivity contribution in [3.63, 3.8) is 0 Å². The molecule has 6 heteroatoms. The molecule has 0 spiro atoms. The fourth-order valence-corrected chi connectivity index (χ4v) is 4.14. The van der Waals surface area contributed by atoms with Crippen LogP contribution in [0.1, 0.15) is 36.0 Å². The van der Waals surface area contributed by atoms with E-state index in [1.165, 1.54) is 0 Å². The second-order valence-corrected chi connectivity index (χ2v) is 7.95. The zero-order valence-electron chi connectivity index (χ0n) is 16.0. The third-order valence-corrected chi connectivity index (χ3v) is 5.71. The van der Waals surface area contributed by atoms with E-state index in [9.17, 15) is 9.90 Å². The van der Waals surface area contributed by atoms with E-state index in [1.54, 1.807) is 6.07 Å². The highest BCUT2D eigenvalue weighted by atomic mass is 35.5. The van der Waals surface area contributed by atoms with Crippen LogP contribution >= 0.6 is 11.6 Å². The van der Waals surface area contributed by atoms with Gasteiger partial charge in [0, 0.05) is 28.6 Å². The number of carbonyl (C=O) groups is 1. The van der Waals surface area contributed by atoms with E-state index in [-0.39, 0.29) is 12.1 Å². The zero-order chi connectivity index (χ0) is 20.4. The Morgan fingerprint density at radius 1 is 1.07 bits per heavy atom. The Morgan fingerprint density at radius 2 is 1.86 bits per heavy atom. The van der Waals surface area contributed by atoms with Gasteiger partial charge in [-0.05, 0) is 73.7 Å². The lowest BCUT2D eigenvalue weighted by Gasteiger charge is -2.28. The number of aliphatic hydroxyl groups excluding tert-OH is 1. The summed E-state index contributed by atoms with van der Waals surface area (Å²) in [5.41, 5.74) is 9.74. The number of aliphatic hydroxyl groups is 1. The van der Waals surface area contributed by atoms with E-state index in [4.69, 9.17) is 17.3 Å². The van der Waals surface area contributed by atoms with E-state index >= 15 is 0 Å². The zero-order valence-corrected chi connectivity index (χ0v) is 16.8. The van der Waals surface area contributed by atoms with Gasteiger partial charge in [-0.2, -0.15) is 0 Å². The molecule has 1 aliphatic carbocycles. The number of nitrogens with two attached hydrogens (primary N) is 1. The molecule has 3 aromatic rings. The van der Waals surface area contributed by atoms with Crippen LogP contribution in [0.5, 0.6) is 0 Å². The van der Waals surface area contributed by atoms with Gasteiger partial charge in [0.2, 0.25) is 0 Å². The highest BCUT2D eigenvalue weighted by molar-refractivity contribution is 6.30. The number of hydrogen-bond acceptors (Lipinski definition) is 3. The van der Waals surface area contributed by atoms with E-state index in [0.717, 1.165) is 48.3 Å². The normalized spacial score (nSPS) is 19.1. The van der Waals surface area contributed by atoms with Gasteiger partial charge in [-0.3, -0.25) is 4.79 Å². The van der Waals surface area contributed by atoms with Gasteiger partial charge in [-0.25, -0.2) is 0 Å². The largest absolute Gasteiger partial charge is 0.393 e. The van der Waals surface area contributed by atoms with Gasteiger partial charge in [0.25, 0.3) is 5.91 Å². The second-order valence-electron chi connectivity index (χ2n) is 7.52. The molecule has 1 saturated carbocycles. The van der Waals surface area contributed by atoms with Crippen LogP contribution < -0.4 is 11.1 Å². The van der Waals surface area contributed by atoms with Crippen LogP contribution in [0.3, 0.4) is 0 Å². The Hall–Kier alpha value is -2.76. The number of halogens is 1. The maximum atomic E-state index is 12.0. The molecule has 0 bridgehead atoms. The lowest BCUT2D eigenvalue weighted by molar-refractivity contribution is 0.100. The first-order valence-electron chi connectivity index (χ1n) is 9.83. The van der Waals surface area contributed by atoms with Crippen LogP contribution in [-0.2, 0) is 0 Å². The quantitative estimate of drug-likeness (QED) is 0.575. The van der Waals surface area contributed by atoms with Crippen LogP contribution in [0.2, 0.25) is 5.02 Å². The number of aromatic nitrogens is 1. The van der Waals surface area contributed by atoms with Crippen molar-refractivity contribution < 1.29 is 9.90 Å². The number of hydrogen-bond donors (Lipinski definition) is 3. The molecule has 1 amide bonds. The summed E-state index contributed by atoms with van der Waals surface area (Å²) >= 11 is 6.17. The molecule has 0 saturated heterocycles. The fourth-order valence-electron chi connectivity index (χ4n) is 3.95. The molecule has 29 heavy (non-hydrogen) atoms. The molecule has 1 aromatic heterocycles. The van der Waals surface area contributed by atoms with Crippen molar-refractivity contribution in [1.29, 1.82) is 0 Å². The number of carbonyl (C=O) groups excluding carboxylic acids is 1. The second kappa shape index (κ2) is 8.31. The summed E-state index contributed by atoms with van der Waals surface area (Å²) in [4.78, 5) is 12.0. The highest BCUT2D eigenvalue weighted by Gasteiger charge is 2.21. The lowest BCUT2D eigenvalue weighted by atomic mass is 9.92. The standard InChI is InChI=1S/C23H24ClN3O2/c24-16-4-1-3-15(13-16)22-5-2-12-27(22)18-8-11-20(23(25)29)21(14-18)26-17-6-9-19(28)10-7-17/h1-5,8,11-14,17,19,26,28H,6-7,9-10H2,(H2,25,29)/t17-,19-. The van der Waals surface area contributed by atoms with Crippen molar-refractivity contribution in [2.45, 2.75) is 37.8 Å². The van der Waals surface area contributed by atoms with Crippen LogP contribution in [0.25, 0.3) is 16.9 Å². The van der Waals surface area contributed by atoms with Crippen LogP contribution in [-0.4, -0.2) is 27.7 Å². The first-order chi connectivity index (χ1) is 14.0. The minimum absolute atomic E-state index is 0.212. The monoisotopic (exact) mass is 409 g/mol. The first kappa shape index (κ1) is 19.6. The summed E-state index contributed by atoms with van der Waals surface area (Å²) in [5, 5.41) is 13.9. The predicted octanol–water partition coefficient (Wildman–Crippen LogP) is 4.61. The smallest absolute Gasteiger partial charge is 0.250 e. The van der Waals surface area contributed by atoms with Gasteiger partial charge in [0.15, 0.2) is 0 Å². The summed E-state index contributed by atoms with van der Waals surface area (Å²) in [6.45, 7) is 0. The summed E-state index contributed by atoms with van der Waals surface area (Å²) in [5.74, 6) is -0.461. The van der Waals surface area contributed by atoms with Gasteiger partial charge in [-0.1, -0.05) is 23.7 Å². The summed E-state index contributed by atoms with van der Waals surface area (Å²) in [6, 6.07) is 17.6. The predicted molar refractivity (Wildman–Crippen MR) is 117 cm³/mol. The van der Waals surface area contributed by atoms with E-state index in [0.29, 0.717) is 10.6 Å². The number of amides is 1. The van der Waals surface area contributed by atoms with Gasteiger partial charge < -0.3 is 20.7 Å². The Kier molecular flexibility index (Phi) is 5.60. The van der Waals surface area contributed by atoms with Crippen LogP contribution in [0.15, 0.2) is 60.8 Å². The minimum Gasteiger partial charge on any atom is -0.393 e. The van der Waals surface area contributed by atoms with E-state index < -0.39 is 5.91 Å². The molecule has 4 rings (SSSR count). The fraction of sp³-hybridized carbons (Fsp3) is 0.261. The van der Waals surface area contributed by atoms with Crippen molar-refractivity contribution in [3.8, 4) is 16.9 Å². The average Bonchev–Trinajstić information content (AvgIpc) is 3.19. The van der Waals surface area contributed by atoms with Gasteiger partial charge >= 0.3 is 0 Å². The van der Waals surface area contributed by atoms with Crippen molar-refractivity contribution >= 4 is 23.2 Å². The molecular weight excluding hydrogens is 386 g/mol. The van der Waals surface area contributed by atoms with Crippen LogP contribution in [0, 0.1) is 0 Å². The molecule has 0 aliphatic heterocycles. The van der Waals surface area contributed by atoms with Crippen molar-refractivity contribution in [1.82, 2.24) is 4.57 Å². The van der Waals surface area contributed by atoms with Gasteiger partial charge in [0.1, 0.15) is 0 Å². The van der Waals surface area contributed by atoms with E-state index in [1.807, 2.05) is 54.7 Å². The molecule has 5 nitrogen and oxygen atoms in total. The molecule has 2 aromatic carbocycles. The van der Waals surface area contributed by atoms with Crippen molar-refractivity contribution in [2.24, 2.45) is 5.73 Å². The Labute approximate surface area is 175 Å². The lowest BCUT2D eigenvalue weighted by Crippen LogP contribution is -2.29.